The third-order valence-corrected chi connectivity index (χ3v) is 6.00. The van der Waals surface area contributed by atoms with Gasteiger partial charge in [-0.2, -0.15) is 0 Å². The van der Waals surface area contributed by atoms with Crippen LogP contribution in [0.2, 0.25) is 0 Å². The molecule has 0 spiro atoms. The number of carbonyl (C=O) groups excluding carboxylic acids is 2. The summed E-state index contributed by atoms with van der Waals surface area (Å²) in [6.07, 6.45) is 3.97. The molecule has 2 amide bonds. The first-order chi connectivity index (χ1) is 16.4. The molecule has 5 rings (SSSR count). The number of aromatic nitrogens is 2. The second-order valence-electron chi connectivity index (χ2n) is 8.38. The number of amides is 2. The van der Waals surface area contributed by atoms with E-state index in [2.05, 4.69) is 10.3 Å². The molecular formula is C26H23FN4O3. The molecule has 1 aliphatic heterocycles. The number of carbonyl (C=O) groups is 2. The number of pyridine rings is 1. The van der Waals surface area contributed by atoms with Gasteiger partial charge in [-0.3, -0.25) is 9.59 Å². The minimum atomic E-state index is -0.538. The molecule has 4 aromatic rings. The van der Waals surface area contributed by atoms with Crippen LogP contribution in [0.15, 0.2) is 67.0 Å². The van der Waals surface area contributed by atoms with Crippen molar-refractivity contribution in [3.05, 3.63) is 78.4 Å². The number of rotatable bonds is 5. The highest BCUT2D eigenvalue weighted by Gasteiger charge is 2.35. The van der Waals surface area contributed by atoms with Crippen LogP contribution in [-0.4, -0.2) is 34.9 Å². The van der Waals surface area contributed by atoms with Gasteiger partial charge in [-0.1, -0.05) is 0 Å². The maximum Gasteiger partial charge on any atom is 0.229 e. The van der Waals surface area contributed by atoms with Crippen LogP contribution < -0.4 is 15.0 Å². The lowest BCUT2D eigenvalue weighted by Gasteiger charge is -2.17. The molecule has 0 bridgehead atoms. The number of imidazole rings is 1. The number of benzene rings is 2. The van der Waals surface area contributed by atoms with Crippen molar-refractivity contribution in [2.24, 2.45) is 5.92 Å². The fraction of sp³-hybridized carbons (Fsp3) is 0.192. The number of anilines is 2. The van der Waals surface area contributed by atoms with Gasteiger partial charge in [0, 0.05) is 36.6 Å². The van der Waals surface area contributed by atoms with E-state index in [1.165, 1.54) is 36.3 Å². The molecule has 1 N–H and O–H groups in total. The van der Waals surface area contributed by atoms with Crippen molar-refractivity contribution < 1.29 is 18.7 Å². The van der Waals surface area contributed by atoms with Crippen LogP contribution in [0.4, 0.5) is 15.8 Å². The van der Waals surface area contributed by atoms with E-state index in [1.807, 2.05) is 48.0 Å². The van der Waals surface area contributed by atoms with Gasteiger partial charge in [0.15, 0.2) is 0 Å². The second-order valence-corrected chi connectivity index (χ2v) is 8.38. The number of halogens is 1. The third kappa shape index (κ3) is 4.10. The second kappa shape index (κ2) is 8.62. The number of methoxy groups -OCH3 is 1. The van der Waals surface area contributed by atoms with Crippen molar-refractivity contribution in [2.45, 2.75) is 13.3 Å². The van der Waals surface area contributed by atoms with Gasteiger partial charge >= 0.3 is 0 Å². The highest BCUT2D eigenvalue weighted by molar-refractivity contribution is 6.04. The zero-order chi connectivity index (χ0) is 23.8. The van der Waals surface area contributed by atoms with E-state index < -0.39 is 5.92 Å². The van der Waals surface area contributed by atoms with Crippen LogP contribution in [0.3, 0.4) is 0 Å². The Bertz CT molecular complexity index is 1400. The zero-order valence-corrected chi connectivity index (χ0v) is 18.8. The number of hydrogen-bond donors (Lipinski definition) is 1. The summed E-state index contributed by atoms with van der Waals surface area (Å²) in [5.74, 6) is -0.857. The summed E-state index contributed by atoms with van der Waals surface area (Å²) in [4.78, 5) is 31.8. The molecule has 3 heterocycles. The summed E-state index contributed by atoms with van der Waals surface area (Å²) in [6.45, 7) is 2.24. The summed E-state index contributed by atoms with van der Waals surface area (Å²) in [6, 6.07) is 15.2. The van der Waals surface area contributed by atoms with Gasteiger partial charge in [0.05, 0.1) is 24.4 Å². The summed E-state index contributed by atoms with van der Waals surface area (Å²) in [5, 5.41) is 2.92. The summed E-state index contributed by atoms with van der Waals surface area (Å²) in [7, 11) is 1.54. The monoisotopic (exact) mass is 458 g/mol. The highest BCUT2D eigenvalue weighted by atomic mass is 19.1. The van der Waals surface area contributed by atoms with E-state index in [0.29, 0.717) is 17.1 Å². The standard InChI is InChI=1S/C26H23FN4O3/c1-16-9-10-30-15-22(28-24(30)11-16)17-3-8-23(34-2)21(12-17)29-26(33)18-13-25(32)31(14-18)20-6-4-19(27)5-7-20/h3-12,15,18H,13-14H2,1-2H3,(H,29,33). The molecule has 0 aliphatic carbocycles. The maximum atomic E-state index is 13.2. The van der Waals surface area contributed by atoms with Crippen LogP contribution in [0.1, 0.15) is 12.0 Å². The largest absolute Gasteiger partial charge is 0.495 e. The first-order valence-corrected chi connectivity index (χ1v) is 10.9. The van der Waals surface area contributed by atoms with Gasteiger partial charge in [-0.25, -0.2) is 9.37 Å². The van der Waals surface area contributed by atoms with Crippen molar-refractivity contribution in [1.82, 2.24) is 9.38 Å². The van der Waals surface area contributed by atoms with E-state index in [4.69, 9.17) is 4.74 Å². The summed E-state index contributed by atoms with van der Waals surface area (Å²) < 4.78 is 20.6. The van der Waals surface area contributed by atoms with Gasteiger partial charge in [0.1, 0.15) is 17.2 Å². The van der Waals surface area contributed by atoms with Crippen molar-refractivity contribution >= 4 is 28.8 Å². The number of nitrogens with one attached hydrogen (secondary N) is 1. The first-order valence-electron chi connectivity index (χ1n) is 10.9. The van der Waals surface area contributed by atoms with E-state index in [0.717, 1.165) is 22.5 Å². The number of aryl methyl sites for hydroxylation is 1. The molecule has 7 nitrogen and oxygen atoms in total. The third-order valence-electron chi connectivity index (χ3n) is 6.00. The van der Waals surface area contributed by atoms with Crippen LogP contribution in [0, 0.1) is 18.7 Å². The van der Waals surface area contributed by atoms with Crippen LogP contribution in [0.25, 0.3) is 16.9 Å². The molecule has 2 aromatic heterocycles. The SMILES string of the molecule is COc1ccc(-c2cn3ccc(C)cc3n2)cc1NC(=O)C1CC(=O)N(c2ccc(F)cc2)C1. The van der Waals surface area contributed by atoms with Crippen molar-refractivity contribution in [2.75, 3.05) is 23.9 Å². The lowest BCUT2D eigenvalue weighted by Crippen LogP contribution is -2.28. The molecule has 0 radical (unpaired) electrons. The molecule has 1 atom stereocenters. The molecule has 1 unspecified atom stereocenters. The number of nitrogens with zero attached hydrogens (tertiary/aromatic N) is 3. The fourth-order valence-corrected chi connectivity index (χ4v) is 4.18. The molecule has 8 heteroatoms. The predicted molar refractivity (Wildman–Crippen MR) is 127 cm³/mol. The Morgan fingerprint density at radius 3 is 2.71 bits per heavy atom. The Labute approximate surface area is 195 Å². The lowest BCUT2D eigenvalue weighted by atomic mass is 10.1. The average Bonchev–Trinajstić information content (AvgIpc) is 3.43. The number of ether oxygens (including phenoxy) is 1. The number of fused-ring (bicyclic) bond motifs is 1. The normalized spacial score (nSPS) is 15.7. The van der Waals surface area contributed by atoms with Gasteiger partial charge in [0.2, 0.25) is 11.8 Å². The molecule has 0 saturated carbocycles. The smallest absolute Gasteiger partial charge is 0.229 e. The predicted octanol–water partition coefficient (Wildman–Crippen LogP) is 4.45. The molecule has 34 heavy (non-hydrogen) atoms. The van der Waals surface area contributed by atoms with Gasteiger partial charge in [-0.15, -0.1) is 0 Å². The Hall–Kier alpha value is -4.20. The van der Waals surface area contributed by atoms with Crippen molar-refractivity contribution in [1.29, 1.82) is 0 Å². The van der Waals surface area contributed by atoms with Crippen molar-refractivity contribution in [3.63, 3.8) is 0 Å². The fourth-order valence-electron chi connectivity index (χ4n) is 4.18. The molecule has 1 fully saturated rings. The van der Waals surface area contributed by atoms with Gasteiger partial charge in [-0.05, 0) is 67.1 Å². The minimum Gasteiger partial charge on any atom is -0.495 e. The maximum absolute atomic E-state index is 13.2. The zero-order valence-electron chi connectivity index (χ0n) is 18.8. The van der Waals surface area contributed by atoms with Gasteiger partial charge < -0.3 is 19.4 Å². The lowest BCUT2D eigenvalue weighted by molar-refractivity contribution is -0.122. The van der Waals surface area contributed by atoms with Crippen LogP contribution >= 0.6 is 0 Å². The van der Waals surface area contributed by atoms with Crippen LogP contribution in [0.5, 0.6) is 5.75 Å². The summed E-state index contributed by atoms with van der Waals surface area (Å²) >= 11 is 0. The Morgan fingerprint density at radius 1 is 1.15 bits per heavy atom. The van der Waals surface area contributed by atoms with E-state index in [9.17, 15) is 14.0 Å². The van der Waals surface area contributed by atoms with E-state index in [1.54, 1.807) is 6.07 Å². The van der Waals surface area contributed by atoms with Crippen molar-refractivity contribution in [3.8, 4) is 17.0 Å². The molecule has 1 saturated heterocycles. The summed E-state index contributed by atoms with van der Waals surface area (Å²) in [5.41, 5.74) is 4.62. The quantitative estimate of drug-likeness (QED) is 0.480. The average molecular weight is 458 g/mol. The Morgan fingerprint density at radius 2 is 1.94 bits per heavy atom. The molecular weight excluding hydrogens is 435 g/mol. The van der Waals surface area contributed by atoms with E-state index >= 15 is 0 Å². The van der Waals surface area contributed by atoms with Crippen LogP contribution in [-0.2, 0) is 9.59 Å². The Balaban J connectivity index is 1.37. The minimum absolute atomic E-state index is 0.0804. The number of hydrogen-bond acceptors (Lipinski definition) is 4. The highest BCUT2D eigenvalue weighted by Crippen LogP contribution is 2.32. The Kier molecular flexibility index (Phi) is 5.49. The molecule has 1 aliphatic rings. The molecule has 172 valence electrons. The van der Waals surface area contributed by atoms with E-state index in [-0.39, 0.29) is 30.6 Å². The first kappa shape index (κ1) is 21.6. The topological polar surface area (TPSA) is 75.9 Å². The van der Waals surface area contributed by atoms with Gasteiger partial charge in [0.25, 0.3) is 0 Å². The molecule has 2 aromatic carbocycles.